The minimum absolute atomic E-state index is 0.213. The fourth-order valence-electron chi connectivity index (χ4n) is 1.32. The Bertz CT molecular complexity index is 577. The van der Waals surface area contributed by atoms with Crippen molar-refractivity contribution < 1.29 is 4.74 Å². The Morgan fingerprint density at radius 2 is 2.22 bits per heavy atom. The van der Waals surface area contributed by atoms with Crippen molar-refractivity contribution in [2.75, 3.05) is 0 Å². The van der Waals surface area contributed by atoms with Crippen molar-refractivity contribution in [1.82, 2.24) is 9.97 Å². The predicted octanol–water partition coefficient (Wildman–Crippen LogP) is 2.34. The molecule has 0 radical (unpaired) electrons. The molecule has 0 spiro atoms. The van der Waals surface area contributed by atoms with Gasteiger partial charge < -0.3 is 10.5 Å². The number of hydrogen-bond acceptors (Lipinski definition) is 4. The molecule has 0 unspecified atom stereocenters. The highest BCUT2D eigenvalue weighted by Gasteiger charge is 2.03. The summed E-state index contributed by atoms with van der Waals surface area (Å²) in [7, 11) is 0. The van der Waals surface area contributed by atoms with Crippen LogP contribution < -0.4 is 10.5 Å². The molecule has 1 heterocycles. The van der Waals surface area contributed by atoms with Gasteiger partial charge in [0.15, 0.2) is 0 Å². The Morgan fingerprint density at radius 1 is 1.39 bits per heavy atom. The molecule has 0 aliphatic rings. The molecule has 1 aromatic heterocycles. The van der Waals surface area contributed by atoms with Crippen molar-refractivity contribution in [1.29, 1.82) is 0 Å². The van der Waals surface area contributed by atoms with Crippen LogP contribution in [0.1, 0.15) is 11.3 Å². The summed E-state index contributed by atoms with van der Waals surface area (Å²) >= 11 is 10.7. The van der Waals surface area contributed by atoms with Crippen molar-refractivity contribution in [3.05, 3.63) is 52.8 Å². The first-order valence-electron chi connectivity index (χ1n) is 5.15. The lowest BCUT2D eigenvalue weighted by molar-refractivity contribution is 0.280. The molecule has 4 nitrogen and oxygen atoms in total. The van der Waals surface area contributed by atoms with Crippen molar-refractivity contribution in [3.8, 4) is 6.01 Å². The number of nitrogens with two attached hydrogens (primary N) is 1. The van der Waals surface area contributed by atoms with Crippen LogP contribution in [-0.2, 0) is 6.61 Å². The number of ether oxygens (including phenoxy) is 1. The largest absolute Gasteiger partial charge is 0.459 e. The molecule has 1 aromatic carbocycles. The lowest BCUT2D eigenvalue weighted by Crippen LogP contribution is -2.12. The fourth-order valence-corrected chi connectivity index (χ4v) is 1.65. The topological polar surface area (TPSA) is 61.0 Å². The summed E-state index contributed by atoms with van der Waals surface area (Å²) in [5.41, 5.74) is 6.90. The van der Waals surface area contributed by atoms with E-state index >= 15 is 0 Å². The third kappa shape index (κ3) is 3.38. The minimum Gasteiger partial charge on any atom is -0.459 e. The standard InChI is InChI=1S/C12H10ClN3OS/c13-9-3-1-2-8(6-9)7-17-12-15-5-4-10(16-12)11(14)18/h1-6H,7H2,(H2,14,18). The van der Waals surface area contributed by atoms with E-state index in [4.69, 9.17) is 34.3 Å². The number of halogens is 1. The third-order valence-corrected chi connectivity index (χ3v) is 2.59. The first kappa shape index (κ1) is 12.7. The van der Waals surface area contributed by atoms with Crippen LogP contribution in [-0.4, -0.2) is 15.0 Å². The molecular formula is C12H10ClN3OS. The Kier molecular flexibility index (Phi) is 4.07. The first-order valence-corrected chi connectivity index (χ1v) is 5.94. The maximum atomic E-state index is 5.87. The maximum Gasteiger partial charge on any atom is 0.317 e. The highest BCUT2D eigenvalue weighted by Crippen LogP contribution is 2.12. The second-order valence-corrected chi connectivity index (χ2v) is 4.38. The summed E-state index contributed by atoms with van der Waals surface area (Å²) < 4.78 is 5.44. The van der Waals surface area contributed by atoms with E-state index in [0.717, 1.165) is 5.56 Å². The zero-order valence-corrected chi connectivity index (χ0v) is 10.9. The summed E-state index contributed by atoms with van der Waals surface area (Å²) in [6.07, 6.45) is 1.55. The third-order valence-electron chi connectivity index (χ3n) is 2.14. The van der Waals surface area contributed by atoms with Crippen LogP contribution in [0.3, 0.4) is 0 Å². The number of hydrogen-bond donors (Lipinski definition) is 1. The average molecular weight is 280 g/mol. The minimum atomic E-state index is 0.213. The zero-order chi connectivity index (χ0) is 13.0. The van der Waals surface area contributed by atoms with Crippen LogP contribution in [0.25, 0.3) is 0 Å². The van der Waals surface area contributed by atoms with Crippen molar-refractivity contribution in [2.24, 2.45) is 5.73 Å². The van der Waals surface area contributed by atoms with E-state index in [1.54, 1.807) is 18.3 Å². The molecule has 0 saturated carbocycles. The molecule has 18 heavy (non-hydrogen) atoms. The zero-order valence-electron chi connectivity index (χ0n) is 9.34. The molecule has 0 fully saturated rings. The average Bonchev–Trinajstić information content (AvgIpc) is 2.37. The van der Waals surface area contributed by atoms with Gasteiger partial charge in [-0.1, -0.05) is 36.0 Å². The van der Waals surface area contributed by atoms with Gasteiger partial charge in [-0.3, -0.25) is 0 Å². The van der Waals surface area contributed by atoms with Crippen LogP contribution in [0.15, 0.2) is 36.5 Å². The molecular weight excluding hydrogens is 270 g/mol. The Labute approximate surface area is 115 Å². The molecule has 0 bridgehead atoms. The van der Waals surface area contributed by atoms with Gasteiger partial charge in [-0.25, -0.2) is 4.98 Å². The van der Waals surface area contributed by atoms with Gasteiger partial charge >= 0.3 is 6.01 Å². The molecule has 2 rings (SSSR count). The number of benzene rings is 1. The van der Waals surface area contributed by atoms with Gasteiger partial charge in [-0.05, 0) is 23.8 Å². The van der Waals surface area contributed by atoms with Gasteiger partial charge in [0.25, 0.3) is 0 Å². The van der Waals surface area contributed by atoms with Gasteiger partial charge in [-0.2, -0.15) is 4.98 Å². The molecule has 2 N–H and O–H groups in total. The number of rotatable bonds is 4. The predicted molar refractivity (Wildman–Crippen MR) is 73.7 cm³/mol. The van der Waals surface area contributed by atoms with E-state index < -0.39 is 0 Å². The quantitative estimate of drug-likeness (QED) is 0.871. The van der Waals surface area contributed by atoms with Crippen LogP contribution in [0.4, 0.5) is 0 Å². The van der Waals surface area contributed by atoms with Crippen LogP contribution >= 0.6 is 23.8 Å². The van der Waals surface area contributed by atoms with Crippen molar-refractivity contribution in [3.63, 3.8) is 0 Å². The fraction of sp³-hybridized carbons (Fsp3) is 0.0833. The van der Waals surface area contributed by atoms with Gasteiger partial charge in [0.2, 0.25) is 0 Å². The molecule has 6 heteroatoms. The number of thiocarbonyl (C=S) groups is 1. The van der Waals surface area contributed by atoms with E-state index in [9.17, 15) is 0 Å². The van der Waals surface area contributed by atoms with Crippen LogP contribution in [0, 0.1) is 0 Å². The number of nitrogens with zero attached hydrogens (tertiary/aromatic N) is 2. The SMILES string of the molecule is NC(=S)c1ccnc(OCc2cccc(Cl)c2)n1. The van der Waals surface area contributed by atoms with Gasteiger partial charge in [0.05, 0.1) is 0 Å². The van der Waals surface area contributed by atoms with E-state index in [0.29, 0.717) is 17.3 Å². The smallest absolute Gasteiger partial charge is 0.317 e. The van der Waals surface area contributed by atoms with E-state index in [-0.39, 0.29) is 11.0 Å². The van der Waals surface area contributed by atoms with Gasteiger partial charge in [0.1, 0.15) is 17.3 Å². The number of aromatic nitrogens is 2. The molecule has 0 saturated heterocycles. The van der Waals surface area contributed by atoms with Gasteiger partial charge in [-0.15, -0.1) is 0 Å². The lowest BCUT2D eigenvalue weighted by atomic mass is 10.2. The summed E-state index contributed by atoms with van der Waals surface area (Å²) in [4.78, 5) is 8.27. The second kappa shape index (κ2) is 5.75. The van der Waals surface area contributed by atoms with Gasteiger partial charge in [0, 0.05) is 11.2 Å². The van der Waals surface area contributed by atoms with Crippen LogP contribution in [0.2, 0.25) is 5.02 Å². The summed E-state index contributed by atoms with van der Waals surface area (Å²) in [6.45, 7) is 0.335. The van der Waals surface area contributed by atoms with Crippen molar-refractivity contribution in [2.45, 2.75) is 6.61 Å². The monoisotopic (exact) mass is 279 g/mol. The Hall–Kier alpha value is -1.72. The highest BCUT2D eigenvalue weighted by atomic mass is 35.5. The van der Waals surface area contributed by atoms with E-state index in [1.165, 1.54) is 0 Å². The molecule has 92 valence electrons. The van der Waals surface area contributed by atoms with E-state index in [2.05, 4.69) is 9.97 Å². The normalized spacial score (nSPS) is 10.1. The summed E-state index contributed by atoms with van der Waals surface area (Å²) in [6, 6.07) is 9.25. The molecule has 2 aromatic rings. The molecule has 0 aliphatic heterocycles. The lowest BCUT2D eigenvalue weighted by Gasteiger charge is -2.05. The first-order chi connectivity index (χ1) is 8.65. The molecule has 0 atom stereocenters. The highest BCUT2D eigenvalue weighted by molar-refractivity contribution is 7.80. The second-order valence-electron chi connectivity index (χ2n) is 3.51. The molecule has 0 amide bonds. The summed E-state index contributed by atoms with van der Waals surface area (Å²) in [5, 5.41) is 0.661. The maximum absolute atomic E-state index is 5.87. The van der Waals surface area contributed by atoms with E-state index in [1.807, 2.05) is 18.2 Å². The Balaban J connectivity index is 2.06. The summed E-state index contributed by atoms with van der Waals surface area (Å²) in [5.74, 6) is 0. The Morgan fingerprint density at radius 3 is 2.94 bits per heavy atom. The molecule has 0 aliphatic carbocycles. The van der Waals surface area contributed by atoms with Crippen molar-refractivity contribution >= 4 is 28.8 Å². The van der Waals surface area contributed by atoms with Crippen LogP contribution in [0.5, 0.6) is 6.01 Å².